The van der Waals surface area contributed by atoms with Crippen LogP contribution in [0.1, 0.15) is 44.7 Å². The standard InChI is InChI=1S/C28H31Cl2NO6/c1-16-13-21(29)25(22(30)14-16)36-12-11-35-19-8-5-17(6-9-19)20-15-18-7-10-23(24(20)26(32)33)31(18)27(34)37-28(2,3)4/h5-6,8-9,13-15,18,23-24H,7,10-12H2,1-4H3,(H,32,33). The van der Waals surface area contributed by atoms with Crippen molar-refractivity contribution in [3.05, 3.63) is 63.6 Å². The molecule has 2 heterocycles. The summed E-state index contributed by atoms with van der Waals surface area (Å²) in [5, 5.41) is 11.0. The second-order valence-electron chi connectivity index (χ2n) is 10.3. The van der Waals surface area contributed by atoms with Gasteiger partial charge < -0.3 is 19.3 Å². The summed E-state index contributed by atoms with van der Waals surface area (Å²) < 4.78 is 17.0. The predicted molar refractivity (Wildman–Crippen MR) is 143 cm³/mol. The molecule has 198 valence electrons. The lowest BCUT2D eigenvalue weighted by molar-refractivity contribution is -0.141. The molecule has 7 nitrogen and oxygen atoms in total. The first-order chi connectivity index (χ1) is 17.4. The minimum Gasteiger partial charge on any atom is -0.490 e. The minimum absolute atomic E-state index is 0.195. The lowest BCUT2D eigenvalue weighted by Gasteiger charge is -2.38. The molecule has 9 heteroatoms. The number of hydrogen-bond donors (Lipinski definition) is 1. The summed E-state index contributed by atoms with van der Waals surface area (Å²) in [6, 6.07) is 10.2. The Labute approximate surface area is 226 Å². The molecular weight excluding hydrogens is 517 g/mol. The van der Waals surface area contributed by atoms with Gasteiger partial charge in [-0.05, 0) is 81.5 Å². The van der Waals surface area contributed by atoms with Crippen molar-refractivity contribution < 1.29 is 28.9 Å². The average Bonchev–Trinajstić information content (AvgIpc) is 3.10. The molecule has 1 saturated heterocycles. The molecule has 2 aliphatic heterocycles. The quantitative estimate of drug-likeness (QED) is 0.391. The smallest absolute Gasteiger partial charge is 0.411 e. The molecule has 2 aromatic rings. The van der Waals surface area contributed by atoms with Crippen LogP contribution < -0.4 is 9.47 Å². The number of aryl methyl sites for hydroxylation is 1. The number of carbonyl (C=O) groups is 2. The van der Waals surface area contributed by atoms with E-state index >= 15 is 0 Å². The molecule has 2 aromatic carbocycles. The summed E-state index contributed by atoms with van der Waals surface area (Å²) in [6.07, 6.45) is 2.73. The monoisotopic (exact) mass is 547 g/mol. The molecule has 0 spiro atoms. The molecule has 0 aliphatic carbocycles. The van der Waals surface area contributed by atoms with Crippen molar-refractivity contribution in [2.45, 2.75) is 58.2 Å². The number of carbonyl (C=O) groups excluding carboxylic acids is 1. The Bertz CT molecular complexity index is 1180. The van der Waals surface area contributed by atoms with Crippen LogP contribution in [-0.4, -0.2) is 53.0 Å². The molecule has 2 bridgehead atoms. The first kappa shape index (κ1) is 27.1. The van der Waals surface area contributed by atoms with Crippen molar-refractivity contribution in [3.8, 4) is 11.5 Å². The summed E-state index contributed by atoms with van der Waals surface area (Å²) >= 11 is 12.4. The summed E-state index contributed by atoms with van der Waals surface area (Å²) in [6.45, 7) is 7.83. The van der Waals surface area contributed by atoms with Gasteiger partial charge in [-0.15, -0.1) is 0 Å². The first-order valence-electron chi connectivity index (χ1n) is 12.2. The average molecular weight is 548 g/mol. The molecule has 4 rings (SSSR count). The highest BCUT2D eigenvalue weighted by Crippen LogP contribution is 2.43. The largest absolute Gasteiger partial charge is 0.490 e. The van der Waals surface area contributed by atoms with Crippen molar-refractivity contribution >= 4 is 40.8 Å². The van der Waals surface area contributed by atoms with Crippen LogP contribution in [0, 0.1) is 12.8 Å². The number of fused-ring (bicyclic) bond motifs is 2. The third-order valence-electron chi connectivity index (χ3n) is 6.36. The van der Waals surface area contributed by atoms with Crippen LogP contribution in [0.15, 0.2) is 42.5 Å². The van der Waals surface area contributed by atoms with E-state index in [9.17, 15) is 14.7 Å². The molecule has 2 aliphatic rings. The molecule has 3 atom stereocenters. The number of benzene rings is 2. The van der Waals surface area contributed by atoms with Crippen molar-refractivity contribution in [2.75, 3.05) is 13.2 Å². The van der Waals surface area contributed by atoms with Crippen LogP contribution >= 0.6 is 23.2 Å². The van der Waals surface area contributed by atoms with Crippen LogP contribution in [0.4, 0.5) is 4.79 Å². The number of carboxylic acids is 1. The van der Waals surface area contributed by atoms with Gasteiger partial charge in [0.05, 0.1) is 22.1 Å². The number of rotatable bonds is 7. The van der Waals surface area contributed by atoms with E-state index in [4.69, 9.17) is 37.4 Å². The highest BCUT2D eigenvalue weighted by Gasteiger charge is 2.49. The van der Waals surface area contributed by atoms with Crippen LogP contribution in [0.25, 0.3) is 5.57 Å². The number of hydrogen-bond acceptors (Lipinski definition) is 5. The zero-order chi connectivity index (χ0) is 26.9. The van der Waals surface area contributed by atoms with Gasteiger partial charge in [-0.3, -0.25) is 9.69 Å². The SMILES string of the molecule is Cc1cc(Cl)c(OCCOc2ccc(C3=CC4CCC(C3C(=O)O)N4C(=O)OC(C)(C)C)cc2)c(Cl)c1. The molecule has 3 unspecified atom stereocenters. The van der Waals surface area contributed by atoms with Gasteiger partial charge >= 0.3 is 12.1 Å². The van der Waals surface area contributed by atoms with Crippen molar-refractivity contribution in [1.82, 2.24) is 4.90 Å². The molecule has 1 amide bonds. The maximum Gasteiger partial charge on any atom is 0.411 e. The first-order valence-corrected chi connectivity index (χ1v) is 13.0. The van der Waals surface area contributed by atoms with E-state index in [-0.39, 0.29) is 19.3 Å². The van der Waals surface area contributed by atoms with Crippen LogP contribution in [0.3, 0.4) is 0 Å². The molecule has 1 fully saturated rings. The molecule has 37 heavy (non-hydrogen) atoms. The van der Waals surface area contributed by atoms with Gasteiger partial charge in [0.2, 0.25) is 0 Å². The lowest BCUT2D eigenvalue weighted by Crippen LogP contribution is -2.50. The normalized spacial score (nSPS) is 20.9. The lowest BCUT2D eigenvalue weighted by atomic mass is 9.84. The van der Waals surface area contributed by atoms with E-state index in [0.717, 1.165) is 11.1 Å². The molecule has 0 aromatic heterocycles. The number of carboxylic acid groups (broad SMARTS) is 1. The molecule has 0 saturated carbocycles. The minimum atomic E-state index is -0.962. The highest BCUT2D eigenvalue weighted by atomic mass is 35.5. The van der Waals surface area contributed by atoms with Gasteiger partial charge in [-0.1, -0.05) is 41.4 Å². The number of halogens is 2. The van der Waals surface area contributed by atoms with E-state index in [2.05, 4.69) is 0 Å². The Morgan fingerprint density at radius 3 is 2.24 bits per heavy atom. The van der Waals surface area contributed by atoms with E-state index in [1.54, 1.807) is 49.9 Å². The zero-order valence-corrected chi connectivity index (χ0v) is 22.8. The van der Waals surface area contributed by atoms with Gasteiger partial charge in [0.15, 0.2) is 5.75 Å². The van der Waals surface area contributed by atoms with Crippen molar-refractivity contribution in [1.29, 1.82) is 0 Å². The fourth-order valence-electron chi connectivity index (χ4n) is 4.90. The summed E-state index contributed by atoms with van der Waals surface area (Å²) in [5.41, 5.74) is 1.79. The Morgan fingerprint density at radius 1 is 1.03 bits per heavy atom. The number of amides is 1. The van der Waals surface area contributed by atoms with E-state index in [0.29, 0.717) is 40.0 Å². The number of nitrogens with zero attached hydrogens (tertiary/aromatic N) is 1. The summed E-state index contributed by atoms with van der Waals surface area (Å²) in [5.74, 6) is -0.756. The van der Waals surface area contributed by atoms with E-state index in [1.165, 1.54) is 0 Å². The van der Waals surface area contributed by atoms with Crippen LogP contribution in [-0.2, 0) is 9.53 Å². The maximum absolute atomic E-state index is 12.8. The number of aliphatic carboxylic acids is 1. The Morgan fingerprint density at radius 2 is 1.65 bits per heavy atom. The van der Waals surface area contributed by atoms with Crippen molar-refractivity contribution in [2.24, 2.45) is 5.92 Å². The van der Waals surface area contributed by atoms with Crippen LogP contribution in [0.5, 0.6) is 11.5 Å². The molecule has 1 N–H and O–H groups in total. The van der Waals surface area contributed by atoms with E-state index < -0.39 is 29.6 Å². The van der Waals surface area contributed by atoms with Gasteiger partial charge in [0.1, 0.15) is 30.5 Å². The highest BCUT2D eigenvalue weighted by molar-refractivity contribution is 6.37. The van der Waals surface area contributed by atoms with Crippen LogP contribution in [0.2, 0.25) is 10.0 Å². The predicted octanol–water partition coefficient (Wildman–Crippen LogP) is 6.63. The molecular formula is C28H31Cl2NO6. The molecule has 0 radical (unpaired) electrons. The second-order valence-corrected chi connectivity index (χ2v) is 11.1. The van der Waals surface area contributed by atoms with Gasteiger partial charge in [-0.25, -0.2) is 4.79 Å². The Balaban J connectivity index is 1.42. The fraction of sp³-hybridized carbons (Fsp3) is 0.429. The third kappa shape index (κ3) is 6.16. The Hall–Kier alpha value is -2.90. The summed E-state index contributed by atoms with van der Waals surface area (Å²) in [7, 11) is 0. The maximum atomic E-state index is 12.8. The van der Waals surface area contributed by atoms with Gasteiger partial charge in [-0.2, -0.15) is 0 Å². The zero-order valence-electron chi connectivity index (χ0n) is 21.3. The third-order valence-corrected chi connectivity index (χ3v) is 6.93. The topological polar surface area (TPSA) is 85.3 Å². The fourth-order valence-corrected chi connectivity index (χ4v) is 5.61. The number of ether oxygens (including phenoxy) is 3. The van der Waals surface area contributed by atoms with E-state index in [1.807, 2.05) is 25.1 Å². The van der Waals surface area contributed by atoms with Crippen molar-refractivity contribution in [3.63, 3.8) is 0 Å². The van der Waals surface area contributed by atoms with Gasteiger partial charge in [0, 0.05) is 0 Å². The van der Waals surface area contributed by atoms with Gasteiger partial charge in [0.25, 0.3) is 0 Å². The summed E-state index contributed by atoms with van der Waals surface area (Å²) in [4.78, 5) is 26.8. The second kappa shape index (κ2) is 10.8. The Kier molecular flexibility index (Phi) is 7.95.